The summed E-state index contributed by atoms with van der Waals surface area (Å²) >= 11 is 0. The van der Waals surface area contributed by atoms with Crippen LogP contribution in [0.3, 0.4) is 0 Å². The Morgan fingerprint density at radius 2 is 1.51 bits per heavy atom. The Bertz CT molecular complexity index is 1620. The number of benzene rings is 2. The van der Waals surface area contributed by atoms with E-state index in [0.717, 1.165) is 38.0 Å². The van der Waals surface area contributed by atoms with E-state index in [9.17, 15) is 14.4 Å². The van der Waals surface area contributed by atoms with Crippen molar-refractivity contribution >= 4 is 23.4 Å². The lowest BCUT2D eigenvalue weighted by Crippen LogP contribution is -2.56. The van der Waals surface area contributed by atoms with Crippen molar-refractivity contribution in [2.24, 2.45) is 0 Å². The molecule has 0 atom stereocenters. The number of rotatable bonds is 8. The van der Waals surface area contributed by atoms with Crippen molar-refractivity contribution in [3.05, 3.63) is 119 Å². The van der Waals surface area contributed by atoms with E-state index >= 15 is 0 Å². The summed E-state index contributed by atoms with van der Waals surface area (Å²) in [7, 11) is 3.53. The lowest BCUT2D eigenvalue weighted by Gasteiger charge is -2.53. The standard InChI is InChI=1S/C34H36N6O3/c1-38(2)33(43)27-8-4-25(5-9-27)23-39-20-21-40-29(12-13-30(40)34(39)16-3-17-34)32(42)36-22-24-6-10-28(11-7-24)37-31(41)26-14-18-35-19-15-26/h4-15,18-19H,3,16-17,20-23H2,1-2H3,(H,36,42)(H,37,41). The number of fused-ring (bicyclic) bond motifs is 2. The molecule has 2 aromatic heterocycles. The van der Waals surface area contributed by atoms with Crippen LogP contribution in [0.25, 0.3) is 0 Å². The molecule has 220 valence electrons. The molecule has 1 spiro atoms. The quantitative estimate of drug-likeness (QED) is 0.318. The first-order valence-corrected chi connectivity index (χ1v) is 14.7. The third kappa shape index (κ3) is 5.68. The van der Waals surface area contributed by atoms with Crippen LogP contribution in [-0.4, -0.2) is 57.7 Å². The normalized spacial score (nSPS) is 15.3. The number of anilines is 1. The molecule has 0 bridgehead atoms. The highest BCUT2D eigenvalue weighted by Crippen LogP contribution is 2.49. The van der Waals surface area contributed by atoms with Gasteiger partial charge >= 0.3 is 0 Å². The molecule has 4 aromatic rings. The summed E-state index contributed by atoms with van der Waals surface area (Å²) in [4.78, 5) is 46.1. The molecule has 3 amide bonds. The molecule has 2 N–H and O–H groups in total. The van der Waals surface area contributed by atoms with Gasteiger partial charge in [-0.3, -0.25) is 24.3 Å². The van der Waals surface area contributed by atoms with Gasteiger partial charge in [0.15, 0.2) is 0 Å². The second-order valence-corrected chi connectivity index (χ2v) is 11.5. The van der Waals surface area contributed by atoms with Crippen molar-refractivity contribution in [3.63, 3.8) is 0 Å². The van der Waals surface area contributed by atoms with Gasteiger partial charge in [-0.1, -0.05) is 24.3 Å². The first kappa shape index (κ1) is 28.4. The Hall–Kier alpha value is -4.76. The molecule has 1 aliphatic carbocycles. The Morgan fingerprint density at radius 1 is 0.814 bits per heavy atom. The highest BCUT2D eigenvalue weighted by molar-refractivity contribution is 6.04. The van der Waals surface area contributed by atoms with E-state index in [4.69, 9.17) is 0 Å². The number of pyridine rings is 1. The zero-order valence-corrected chi connectivity index (χ0v) is 24.5. The van der Waals surface area contributed by atoms with Crippen LogP contribution < -0.4 is 10.6 Å². The van der Waals surface area contributed by atoms with Crippen LogP contribution >= 0.6 is 0 Å². The van der Waals surface area contributed by atoms with Gasteiger partial charge in [0.2, 0.25) is 0 Å². The topological polar surface area (TPSA) is 99.6 Å². The molecule has 9 heteroatoms. The Morgan fingerprint density at radius 3 is 2.16 bits per heavy atom. The maximum Gasteiger partial charge on any atom is 0.268 e. The number of hydrogen-bond donors (Lipinski definition) is 2. The molecule has 3 heterocycles. The van der Waals surface area contributed by atoms with E-state index in [2.05, 4.69) is 43.3 Å². The van der Waals surface area contributed by atoms with Gasteiger partial charge < -0.3 is 20.1 Å². The monoisotopic (exact) mass is 576 g/mol. The summed E-state index contributed by atoms with van der Waals surface area (Å²) in [6.07, 6.45) is 6.47. The molecular weight excluding hydrogens is 540 g/mol. The van der Waals surface area contributed by atoms with E-state index in [1.807, 2.05) is 42.5 Å². The molecule has 43 heavy (non-hydrogen) atoms. The van der Waals surface area contributed by atoms with Crippen LogP contribution in [-0.2, 0) is 25.2 Å². The number of aromatic nitrogens is 2. The summed E-state index contributed by atoms with van der Waals surface area (Å²) in [6.45, 7) is 2.80. The number of carbonyl (C=O) groups excluding carboxylic acids is 3. The van der Waals surface area contributed by atoms with Gasteiger partial charge in [-0.25, -0.2) is 0 Å². The van der Waals surface area contributed by atoms with Crippen molar-refractivity contribution < 1.29 is 14.4 Å². The van der Waals surface area contributed by atoms with Crippen LogP contribution in [0.2, 0.25) is 0 Å². The number of carbonyl (C=O) groups is 3. The second-order valence-electron chi connectivity index (χ2n) is 11.5. The summed E-state index contributed by atoms with van der Waals surface area (Å²) in [5.41, 5.74) is 5.89. The van der Waals surface area contributed by atoms with E-state index in [1.54, 1.807) is 43.5 Å². The summed E-state index contributed by atoms with van der Waals surface area (Å²) < 4.78 is 2.20. The van der Waals surface area contributed by atoms with Gasteiger partial charge in [0.05, 0.1) is 5.54 Å². The fraction of sp³-hybridized carbons (Fsp3) is 0.294. The molecule has 0 unspecified atom stereocenters. The van der Waals surface area contributed by atoms with E-state index in [0.29, 0.717) is 29.1 Å². The zero-order valence-electron chi connectivity index (χ0n) is 24.5. The maximum absolute atomic E-state index is 13.3. The van der Waals surface area contributed by atoms with Crippen LogP contribution in [0.5, 0.6) is 0 Å². The van der Waals surface area contributed by atoms with Crippen molar-refractivity contribution in [1.82, 2.24) is 24.7 Å². The van der Waals surface area contributed by atoms with Gasteiger partial charge in [-0.15, -0.1) is 0 Å². The van der Waals surface area contributed by atoms with Crippen LogP contribution in [0, 0.1) is 0 Å². The predicted octanol–water partition coefficient (Wildman–Crippen LogP) is 4.66. The maximum atomic E-state index is 13.3. The Balaban J connectivity index is 1.09. The zero-order chi connectivity index (χ0) is 30.0. The Kier molecular flexibility index (Phi) is 7.82. The summed E-state index contributed by atoms with van der Waals surface area (Å²) in [5, 5.41) is 5.95. The number of nitrogens with zero attached hydrogens (tertiary/aromatic N) is 4. The third-order valence-electron chi connectivity index (χ3n) is 8.66. The van der Waals surface area contributed by atoms with Crippen LogP contribution in [0.15, 0.2) is 85.2 Å². The lowest BCUT2D eigenvalue weighted by atomic mass is 9.71. The fourth-order valence-electron chi connectivity index (χ4n) is 6.14. The smallest absolute Gasteiger partial charge is 0.268 e. The molecule has 2 aliphatic rings. The van der Waals surface area contributed by atoms with E-state index in [1.165, 1.54) is 17.7 Å². The highest BCUT2D eigenvalue weighted by Gasteiger charge is 2.48. The van der Waals surface area contributed by atoms with Gasteiger partial charge in [-0.05, 0) is 78.9 Å². The van der Waals surface area contributed by atoms with E-state index in [-0.39, 0.29) is 23.3 Å². The van der Waals surface area contributed by atoms with Crippen molar-refractivity contribution in [2.75, 3.05) is 26.0 Å². The molecule has 6 rings (SSSR count). The third-order valence-corrected chi connectivity index (χ3v) is 8.66. The molecule has 9 nitrogen and oxygen atoms in total. The van der Waals surface area contributed by atoms with Gasteiger partial charge in [-0.2, -0.15) is 0 Å². The summed E-state index contributed by atoms with van der Waals surface area (Å²) in [6, 6.07) is 22.8. The first-order chi connectivity index (χ1) is 20.8. The lowest BCUT2D eigenvalue weighted by molar-refractivity contribution is -0.0217. The van der Waals surface area contributed by atoms with Crippen molar-refractivity contribution in [2.45, 2.75) is 44.4 Å². The van der Waals surface area contributed by atoms with Crippen LogP contribution in [0.1, 0.15) is 67.3 Å². The second kappa shape index (κ2) is 11.9. The highest BCUT2D eigenvalue weighted by atomic mass is 16.2. The molecule has 0 radical (unpaired) electrons. The van der Waals surface area contributed by atoms with Crippen molar-refractivity contribution in [3.8, 4) is 0 Å². The number of nitrogens with one attached hydrogen (secondary N) is 2. The van der Waals surface area contributed by atoms with Gasteiger partial charge in [0.25, 0.3) is 17.7 Å². The number of hydrogen-bond acceptors (Lipinski definition) is 5. The molecule has 0 saturated heterocycles. The minimum absolute atomic E-state index is 0.00564. The van der Waals surface area contributed by atoms with Crippen LogP contribution in [0.4, 0.5) is 5.69 Å². The first-order valence-electron chi connectivity index (χ1n) is 14.7. The fourth-order valence-corrected chi connectivity index (χ4v) is 6.14. The largest absolute Gasteiger partial charge is 0.347 e. The van der Waals surface area contributed by atoms with Crippen molar-refractivity contribution in [1.29, 1.82) is 0 Å². The Labute approximate surface area is 251 Å². The van der Waals surface area contributed by atoms with Gasteiger partial charge in [0, 0.05) is 75.2 Å². The molecule has 1 saturated carbocycles. The minimum atomic E-state index is -0.196. The molecule has 1 aliphatic heterocycles. The molecular formula is C34H36N6O3. The predicted molar refractivity (Wildman–Crippen MR) is 165 cm³/mol. The average Bonchev–Trinajstić information content (AvgIpc) is 3.44. The SMILES string of the molecule is CN(C)C(=O)c1ccc(CN2CCn3c(C(=O)NCc4ccc(NC(=O)c5ccncc5)cc4)ccc3C23CCC3)cc1. The van der Waals surface area contributed by atoms with Gasteiger partial charge in [0.1, 0.15) is 5.69 Å². The minimum Gasteiger partial charge on any atom is -0.347 e. The summed E-state index contributed by atoms with van der Waals surface area (Å²) in [5.74, 6) is -0.282. The average molecular weight is 577 g/mol. The molecule has 1 fully saturated rings. The molecule has 2 aromatic carbocycles. The van der Waals surface area contributed by atoms with E-state index < -0.39 is 0 Å². The number of amides is 3.